The average molecular weight is 385 g/mol. The number of carbonyl (C=O) groups excluding carboxylic acids is 2. The van der Waals surface area contributed by atoms with Crippen molar-refractivity contribution in [2.75, 3.05) is 6.61 Å². The summed E-state index contributed by atoms with van der Waals surface area (Å²) in [5.41, 5.74) is 2.56. The molecule has 0 spiro atoms. The van der Waals surface area contributed by atoms with Crippen molar-refractivity contribution in [3.8, 4) is 11.5 Å². The Morgan fingerprint density at radius 3 is 2.71 bits per heavy atom. The van der Waals surface area contributed by atoms with Crippen LogP contribution in [-0.2, 0) is 14.3 Å². The Balaban J connectivity index is 2.15. The summed E-state index contributed by atoms with van der Waals surface area (Å²) in [6, 6.07) is 4.99. The largest absolute Gasteiger partial charge is 0.504 e. The van der Waals surface area contributed by atoms with E-state index in [-0.39, 0.29) is 17.6 Å². The third kappa shape index (κ3) is 3.81. The maximum Gasteiger partial charge on any atom is 0.336 e. The topological polar surface area (TPSA) is 85.2 Å². The summed E-state index contributed by atoms with van der Waals surface area (Å²) in [5.74, 6) is -0.982. The second kappa shape index (κ2) is 8.17. The van der Waals surface area contributed by atoms with Gasteiger partial charge in [-0.05, 0) is 58.2 Å². The van der Waals surface area contributed by atoms with Crippen molar-refractivity contribution < 1.29 is 24.2 Å². The van der Waals surface area contributed by atoms with E-state index in [9.17, 15) is 14.7 Å². The molecule has 1 aliphatic carbocycles. The summed E-state index contributed by atoms with van der Waals surface area (Å²) in [5, 5.41) is 10.1. The number of Topliss-reactive ketones (excluding diaryl/α,β-unsaturated/α-hetero) is 1. The minimum atomic E-state index is -0.494. The number of rotatable bonds is 5. The zero-order valence-corrected chi connectivity index (χ0v) is 16.8. The number of fused-ring (bicyclic) bond motifs is 1. The molecule has 0 saturated heterocycles. The first-order valence-electron chi connectivity index (χ1n) is 9.81. The Bertz CT molecular complexity index is 852. The van der Waals surface area contributed by atoms with Crippen molar-refractivity contribution in [2.24, 2.45) is 10.9 Å². The van der Waals surface area contributed by atoms with E-state index in [1.54, 1.807) is 39.0 Å². The molecule has 1 fully saturated rings. The number of aliphatic imine (C=N–C) groups is 1. The number of phenols is 1. The Hall–Kier alpha value is -2.63. The van der Waals surface area contributed by atoms with Crippen LogP contribution in [0.15, 0.2) is 34.5 Å². The van der Waals surface area contributed by atoms with Crippen LogP contribution in [0.2, 0.25) is 0 Å². The van der Waals surface area contributed by atoms with Gasteiger partial charge in [-0.3, -0.25) is 9.79 Å². The molecule has 1 unspecified atom stereocenters. The number of nitrogens with zero attached hydrogens (tertiary/aromatic N) is 1. The molecule has 1 aromatic rings. The van der Waals surface area contributed by atoms with Gasteiger partial charge in [0.25, 0.3) is 0 Å². The van der Waals surface area contributed by atoms with Gasteiger partial charge in [0.2, 0.25) is 0 Å². The summed E-state index contributed by atoms with van der Waals surface area (Å²) in [7, 11) is 0. The number of aromatic hydroxyl groups is 1. The minimum Gasteiger partial charge on any atom is -0.504 e. The predicted octanol–water partition coefficient (Wildman–Crippen LogP) is 3.92. The Labute approximate surface area is 165 Å². The molecule has 6 nitrogen and oxygen atoms in total. The molecule has 1 saturated carbocycles. The Morgan fingerprint density at radius 1 is 1.29 bits per heavy atom. The number of esters is 1. The monoisotopic (exact) mass is 385 g/mol. The molecule has 2 aliphatic rings. The molecule has 1 aliphatic heterocycles. The van der Waals surface area contributed by atoms with E-state index in [0.717, 1.165) is 24.1 Å². The van der Waals surface area contributed by atoms with Gasteiger partial charge in [0.1, 0.15) is 5.78 Å². The highest BCUT2D eigenvalue weighted by Gasteiger charge is 2.44. The van der Waals surface area contributed by atoms with Gasteiger partial charge in [0, 0.05) is 23.7 Å². The molecule has 3 rings (SSSR count). The molecule has 28 heavy (non-hydrogen) atoms. The van der Waals surface area contributed by atoms with Crippen LogP contribution in [0, 0.1) is 5.92 Å². The van der Waals surface area contributed by atoms with Crippen molar-refractivity contribution >= 4 is 17.5 Å². The fourth-order valence-corrected chi connectivity index (χ4v) is 4.02. The first kappa shape index (κ1) is 20.1. The maximum absolute atomic E-state index is 12.9. The van der Waals surface area contributed by atoms with E-state index in [2.05, 4.69) is 4.99 Å². The highest BCUT2D eigenvalue weighted by Crippen LogP contribution is 2.44. The van der Waals surface area contributed by atoms with Gasteiger partial charge >= 0.3 is 5.97 Å². The molecule has 0 amide bonds. The Morgan fingerprint density at radius 2 is 2.04 bits per heavy atom. The lowest BCUT2D eigenvalue weighted by molar-refractivity contribution is -0.143. The lowest BCUT2D eigenvalue weighted by Gasteiger charge is -2.35. The Kier molecular flexibility index (Phi) is 5.87. The van der Waals surface area contributed by atoms with Crippen LogP contribution in [0.3, 0.4) is 0 Å². The summed E-state index contributed by atoms with van der Waals surface area (Å²) >= 11 is 0. The second-order valence-corrected chi connectivity index (χ2v) is 7.49. The van der Waals surface area contributed by atoms with Crippen LogP contribution >= 0.6 is 0 Å². The number of benzene rings is 1. The standard InChI is InChI=1S/C22H27NO5/c1-5-27-18-11-14(9-10-16(18)24)20-19(22(26)28-12(2)3)13(4)23-15-7-6-8-17(25)21(15)20/h9-12,20-21,24H,5-8H2,1-4H3/t20-,21?/m0/s1. The molecular weight excluding hydrogens is 358 g/mol. The molecule has 150 valence electrons. The van der Waals surface area contributed by atoms with E-state index in [4.69, 9.17) is 9.47 Å². The van der Waals surface area contributed by atoms with Crippen molar-refractivity contribution in [1.29, 1.82) is 0 Å². The first-order chi connectivity index (χ1) is 13.3. The van der Waals surface area contributed by atoms with Crippen LogP contribution in [0.4, 0.5) is 0 Å². The van der Waals surface area contributed by atoms with Crippen LogP contribution in [-0.4, -0.2) is 35.3 Å². The van der Waals surface area contributed by atoms with E-state index in [1.165, 1.54) is 0 Å². The van der Waals surface area contributed by atoms with Crippen molar-refractivity contribution in [2.45, 2.75) is 59.0 Å². The second-order valence-electron chi connectivity index (χ2n) is 7.49. The van der Waals surface area contributed by atoms with Gasteiger partial charge in [-0.1, -0.05) is 6.07 Å². The molecule has 6 heteroatoms. The lowest BCUT2D eigenvalue weighted by atomic mass is 9.69. The zero-order valence-electron chi connectivity index (χ0n) is 16.8. The van der Waals surface area contributed by atoms with Gasteiger partial charge in [-0.15, -0.1) is 0 Å². The highest BCUT2D eigenvalue weighted by molar-refractivity contribution is 6.11. The first-order valence-corrected chi connectivity index (χ1v) is 9.81. The highest BCUT2D eigenvalue weighted by atomic mass is 16.5. The molecule has 1 N–H and O–H groups in total. The summed E-state index contributed by atoms with van der Waals surface area (Å²) < 4.78 is 11.0. The third-order valence-electron chi connectivity index (χ3n) is 5.11. The van der Waals surface area contributed by atoms with Crippen molar-refractivity contribution in [1.82, 2.24) is 0 Å². The maximum atomic E-state index is 12.9. The van der Waals surface area contributed by atoms with Crippen molar-refractivity contribution in [3.05, 3.63) is 35.0 Å². The van der Waals surface area contributed by atoms with E-state index in [0.29, 0.717) is 30.0 Å². The van der Waals surface area contributed by atoms with E-state index < -0.39 is 17.8 Å². The molecule has 0 radical (unpaired) electrons. The summed E-state index contributed by atoms with van der Waals surface area (Å²) in [6.45, 7) is 7.60. The predicted molar refractivity (Wildman–Crippen MR) is 106 cm³/mol. The molecule has 0 bridgehead atoms. The number of ketones is 1. The van der Waals surface area contributed by atoms with E-state index in [1.807, 2.05) is 6.92 Å². The van der Waals surface area contributed by atoms with Gasteiger partial charge in [0.15, 0.2) is 11.5 Å². The molecular formula is C22H27NO5. The zero-order chi connectivity index (χ0) is 20.4. The summed E-state index contributed by atoms with van der Waals surface area (Å²) in [6.07, 6.45) is 1.72. The quantitative estimate of drug-likeness (QED) is 0.777. The van der Waals surface area contributed by atoms with Gasteiger partial charge in [-0.2, -0.15) is 0 Å². The van der Waals surface area contributed by atoms with Crippen LogP contribution in [0.25, 0.3) is 0 Å². The number of hydrogen-bond acceptors (Lipinski definition) is 6. The van der Waals surface area contributed by atoms with Gasteiger partial charge in [-0.25, -0.2) is 4.79 Å². The van der Waals surface area contributed by atoms with Crippen LogP contribution < -0.4 is 4.74 Å². The van der Waals surface area contributed by atoms with Gasteiger partial charge in [0.05, 0.1) is 24.2 Å². The third-order valence-corrected chi connectivity index (χ3v) is 5.11. The fourth-order valence-electron chi connectivity index (χ4n) is 4.02. The fraction of sp³-hybridized carbons (Fsp3) is 0.500. The number of phenolic OH excluding ortho intramolecular Hbond substituents is 1. The summed E-state index contributed by atoms with van der Waals surface area (Å²) in [4.78, 5) is 30.4. The number of ether oxygens (including phenoxy) is 2. The van der Waals surface area contributed by atoms with Crippen molar-refractivity contribution in [3.63, 3.8) is 0 Å². The molecule has 0 aromatic heterocycles. The number of hydrogen-bond donors (Lipinski definition) is 1. The average Bonchev–Trinajstić information content (AvgIpc) is 2.62. The smallest absolute Gasteiger partial charge is 0.336 e. The number of allylic oxidation sites excluding steroid dienone is 1. The number of carbonyl (C=O) groups is 2. The van der Waals surface area contributed by atoms with Gasteiger partial charge < -0.3 is 14.6 Å². The molecule has 1 heterocycles. The normalized spacial score (nSPS) is 22.0. The molecule has 2 atom stereocenters. The lowest BCUT2D eigenvalue weighted by Crippen LogP contribution is -2.39. The van der Waals surface area contributed by atoms with Crippen LogP contribution in [0.5, 0.6) is 11.5 Å². The van der Waals surface area contributed by atoms with Crippen LogP contribution in [0.1, 0.15) is 58.4 Å². The SMILES string of the molecule is CCOc1cc([C@H]2C(C(=O)OC(C)C)=C(C)N=C3CCCC(=O)C32)ccc1O. The minimum absolute atomic E-state index is 0.0253. The molecule has 1 aromatic carbocycles. The van der Waals surface area contributed by atoms with E-state index >= 15 is 0 Å².